The number of ether oxygens (including phenoxy) is 1. The van der Waals surface area contributed by atoms with Gasteiger partial charge in [-0.05, 0) is 38.3 Å². The third-order valence-corrected chi connectivity index (χ3v) is 4.66. The van der Waals surface area contributed by atoms with E-state index in [9.17, 15) is 4.79 Å². The topological polar surface area (TPSA) is 54.1 Å². The normalized spacial score (nSPS) is 20.0. The zero-order valence-corrected chi connectivity index (χ0v) is 13.3. The van der Waals surface area contributed by atoms with E-state index in [0.717, 1.165) is 48.2 Å². The first-order valence-electron chi connectivity index (χ1n) is 8.08. The highest BCUT2D eigenvalue weighted by Gasteiger charge is 2.22. The quantitative estimate of drug-likeness (QED) is 0.912. The van der Waals surface area contributed by atoms with Crippen molar-refractivity contribution in [1.29, 1.82) is 0 Å². The van der Waals surface area contributed by atoms with Crippen LogP contribution in [-0.2, 0) is 16.0 Å². The minimum Gasteiger partial charge on any atom is -0.381 e. The lowest BCUT2D eigenvalue weighted by molar-refractivity contribution is -0.121. The predicted molar refractivity (Wildman–Crippen MR) is 87.9 cm³/mol. The van der Waals surface area contributed by atoms with Crippen molar-refractivity contribution >= 4 is 16.8 Å². The molecule has 2 heterocycles. The van der Waals surface area contributed by atoms with Crippen molar-refractivity contribution in [1.82, 2.24) is 10.3 Å². The van der Waals surface area contributed by atoms with Crippen molar-refractivity contribution < 1.29 is 9.53 Å². The molecule has 1 amide bonds. The van der Waals surface area contributed by atoms with E-state index in [1.807, 2.05) is 25.1 Å². The molecule has 1 aromatic carbocycles. The lowest BCUT2D eigenvalue weighted by atomic mass is 9.94. The zero-order valence-electron chi connectivity index (χ0n) is 13.3. The van der Waals surface area contributed by atoms with E-state index < -0.39 is 0 Å². The maximum absolute atomic E-state index is 12.4. The maximum atomic E-state index is 12.4. The maximum Gasteiger partial charge on any atom is 0.224 e. The van der Waals surface area contributed by atoms with Gasteiger partial charge in [0.1, 0.15) is 0 Å². The third-order valence-electron chi connectivity index (χ3n) is 4.66. The second kappa shape index (κ2) is 6.53. The molecule has 0 aliphatic carbocycles. The van der Waals surface area contributed by atoms with E-state index in [-0.39, 0.29) is 11.9 Å². The summed E-state index contributed by atoms with van der Waals surface area (Å²) in [5.74, 6) is 0.521. The fraction of sp³-hybridized carbons (Fsp3) is 0.500. The van der Waals surface area contributed by atoms with Crippen LogP contribution < -0.4 is 5.32 Å². The third kappa shape index (κ3) is 3.17. The molecule has 0 bridgehead atoms. The number of aromatic nitrogens is 1. The monoisotopic (exact) mass is 300 g/mol. The Morgan fingerprint density at radius 1 is 1.45 bits per heavy atom. The fourth-order valence-corrected chi connectivity index (χ4v) is 3.31. The Balaban J connectivity index is 1.66. The summed E-state index contributed by atoms with van der Waals surface area (Å²) in [5.41, 5.74) is 3.27. The molecule has 4 heteroatoms. The van der Waals surface area contributed by atoms with Gasteiger partial charge < -0.3 is 15.0 Å². The minimum absolute atomic E-state index is 0.0888. The van der Waals surface area contributed by atoms with Crippen LogP contribution >= 0.6 is 0 Å². The molecule has 1 aromatic heterocycles. The number of aryl methyl sites for hydroxylation is 1. The summed E-state index contributed by atoms with van der Waals surface area (Å²) in [5, 5.41) is 4.29. The van der Waals surface area contributed by atoms with Crippen molar-refractivity contribution in [2.75, 3.05) is 13.2 Å². The SMILES string of the molecule is Cc1[nH]c2ccccc2c1CC(=O)N[C@@H](C)[C@H]1CCCOC1. The number of benzene rings is 1. The summed E-state index contributed by atoms with van der Waals surface area (Å²) in [6, 6.07) is 8.30. The van der Waals surface area contributed by atoms with Gasteiger partial charge in [0.15, 0.2) is 0 Å². The van der Waals surface area contributed by atoms with Crippen molar-refractivity contribution in [2.24, 2.45) is 5.92 Å². The number of amides is 1. The molecule has 1 saturated heterocycles. The van der Waals surface area contributed by atoms with Gasteiger partial charge >= 0.3 is 0 Å². The first-order valence-corrected chi connectivity index (χ1v) is 8.08. The molecule has 0 radical (unpaired) electrons. The molecule has 118 valence electrons. The minimum atomic E-state index is 0.0888. The number of fused-ring (bicyclic) bond motifs is 1. The molecule has 4 nitrogen and oxygen atoms in total. The van der Waals surface area contributed by atoms with Gasteiger partial charge in [0.2, 0.25) is 5.91 Å². The largest absolute Gasteiger partial charge is 0.381 e. The van der Waals surface area contributed by atoms with Crippen molar-refractivity contribution in [3.8, 4) is 0 Å². The van der Waals surface area contributed by atoms with Crippen LogP contribution in [0.15, 0.2) is 24.3 Å². The summed E-state index contributed by atoms with van der Waals surface area (Å²) in [6.07, 6.45) is 2.65. The Labute approximate surface area is 131 Å². The number of aromatic amines is 1. The average Bonchev–Trinajstić information content (AvgIpc) is 2.84. The molecule has 22 heavy (non-hydrogen) atoms. The lowest BCUT2D eigenvalue weighted by Gasteiger charge is -2.28. The van der Waals surface area contributed by atoms with E-state index >= 15 is 0 Å². The highest BCUT2D eigenvalue weighted by atomic mass is 16.5. The molecule has 0 unspecified atom stereocenters. The van der Waals surface area contributed by atoms with Crippen LogP contribution in [0.5, 0.6) is 0 Å². The molecule has 2 aromatic rings. The first kappa shape index (κ1) is 15.1. The van der Waals surface area contributed by atoms with Crippen LogP contribution in [-0.4, -0.2) is 30.1 Å². The number of carbonyl (C=O) groups excluding carboxylic acids is 1. The predicted octanol–water partition coefficient (Wildman–Crippen LogP) is 2.95. The van der Waals surface area contributed by atoms with Crippen LogP contribution in [0.3, 0.4) is 0 Å². The Hall–Kier alpha value is -1.81. The Kier molecular flexibility index (Phi) is 4.48. The number of hydrogen-bond donors (Lipinski definition) is 2. The van der Waals surface area contributed by atoms with E-state index in [2.05, 4.69) is 23.3 Å². The molecule has 1 aliphatic rings. The van der Waals surface area contributed by atoms with Crippen LogP contribution in [0.2, 0.25) is 0 Å². The summed E-state index contributed by atoms with van der Waals surface area (Å²) in [6.45, 7) is 5.72. The van der Waals surface area contributed by atoms with Crippen LogP contribution in [0.4, 0.5) is 0 Å². The number of rotatable bonds is 4. The Morgan fingerprint density at radius 2 is 2.27 bits per heavy atom. The molecule has 2 atom stereocenters. The molecule has 1 fully saturated rings. The lowest BCUT2D eigenvalue weighted by Crippen LogP contribution is -2.41. The molecule has 0 saturated carbocycles. The molecule has 2 N–H and O–H groups in total. The highest BCUT2D eigenvalue weighted by Crippen LogP contribution is 2.22. The summed E-state index contributed by atoms with van der Waals surface area (Å²) >= 11 is 0. The van der Waals surface area contributed by atoms with Gasteiger partial charge in [-0.25, -0.2) is 0 Å². The van der Waals surface area contributed by atoms with E-state index in [1.54, 1.807) is 0 Å². The Morgan fingerprint density at radius 3 is 3.05 bits per heavy atom. The van der Waals surface area contributed by atoms with E-state index in [0.29, 0.717) is 12.3 Å². The first-order chi connectivity index (χ1) is 10.6. The fourth-order valence-electron chi connectivity index (χ4n) is 3.31. The summed E-state index contributed by atoms with van der Waals surface area (Å²) in [7, 11) is 0. The average molecular weight is 300 g/mol. The number of carbonyl (C=O) groups is 1. The standard InChI is InChI=1S/C18H24N2O2/c1-12(14-6-5-9-22-11-14)20-18(21)10-16-13(2)19-17-8-4-3-7-15(16)17/h3-4,7-8,12,14,19H,5-6,9-11H2,1-2H3,(H,20,21)/t12-,14-/m0/s1. The van der Waals surface area contributed by atoms with Crippen LogP contribution in [0.1, 0.15) is 31.0 Å². The van der Waals surface area contributed by atoms with E-state index in [4.69, 9.17) is 4.74 Å². The van der Waals surface area contributed by atoms with Crippen molar-refractivity contribution in [3.05, 3.63) is 35.5 Å². The summed E-state index contributed by atoms with van der Waals surface area (Å²) < 4.78 is 5.51. The molecule has 3 rings (SSSR count). The second-order valence-electron chi connectivity index (χ2n) is 6.28. The second-order valence-corrected chi connectivity index (χ2v) is 6.28. The van der Waals surface area contributed by atoms with Gasteiger partial charge in [-0.2, -0.15) is 0 Å². The Bertz CT molecular complexity index is 656. The van der Waals surface area contributed by atoms with Crippen molar-refractivity contribution in [2.45, 2.75) is 39.2 Å². The number of para-hydroxylation sites is 1. The molecule has 1 aliphatic heterocycles. The highest BCUT2D eigenvalue weighted by molar-refractivity contribution is 5.90. The number of hydrogen-bond acceptors (Lipinski definition) is 2. The van der Waals surface area contributed by atoms with Crippen molar-refractivity contribution in [3.63, 3.8) is 0 Å². The smallest absolute Gasteiger partial charge is 0.224 e. The van der Waals surface area contributed by atoms with Gasteiger partial charge in [-0.15, -0.1) is 0 Å². The van der Waals surface area contributed by atoms with Gasteiger partial charge in [-0.3, -0.25) is 4.79 Å². The number of nitrogens with one attached hydrogen (secondary N) is 2. The van der Waals surface area contributed by atoms with Gasteiger partial charge in [-0.1, -0.05) is 18.2 Å². The van der Waals surface area contributed by atoms with Crippen LogP contribution in [0, 0.1) is 12.8 Å². The molecule has 0 spiro atoms. The van der Waals surface area contributed by atoms with E-state index in [1.165, 1.54) is 0 Å². The van der Waals surface area contributed by atoms with Crippen LogP contribution in [0.25, 0.3) is 10.9 Å². The zero-order chi connectivity index (χ0) is 15.5. The summed E-state index contributed by atoms with van der Waals surface area (Å²) in [4.78, 5) is 15.7. The van der Waals surface area contributed by atoms with Gasteiger partial charge in [0.05, 0.1) is 13.0 Å². The molecular formula is C18H24N2O2. The number of H-pyrrole nitrogens is 1. The molecular weight excluding hydrogens is 276 g/mol. The van der Waals surface area contributed by atoms with Gasteiger partial charge in [0, 0.05) is 35.2 Å². The van der Waals surface area contributed by atoms with Gasteiger partial charge in [0.25, 0.3) is 0 Å².